The molecule has 0 aliphatic carbocycles. The van der Waals surface area contributed by atoms with Gasteiger partial charge in [0.2, 0.25) is 0 Å². The molecule has 0 aliphatic rings. The van der Waals surface area contributed by atoms with Gasteiger partial charge in [-0.15, -0.1) is 0 Å². The Morgan fingerprint density at radius 3 is 2.78 bits per heavy atom. The van der Waals surface area contributed by atoms with Gasteiger partial charge in [-0.05, 0) is 12.5 Å². The van der Waals surface area contributed by atoms with E-state index in [4.69, 9.17) is 4.74 Å². The molecule has 1 rings (SSSR count). The summed E-state index contributed by atoms with van der Waals surface area (Å²) in [4.78, 5) is 21.6. The third kappa shape index (κ3) is 3.62. The number of non-ortho nitro benzene ring substituents is 1. The van der Waals surface area contributed by atoms with Gasteiger partial charge in [0.05, 0.1) is 17.7 Å². The lowest BCUT2D eigenvalue weighted by Crippen LogP contribution is -2.29. The number of ether oxygens (including phenoxy) is 1. The van der Waals surface area contributed by atoms with Crippen molar-refractivity contribution in [2.75, 3.05) is 19.0 Å². The molecule has 0 aromatic heterocycles. The minimum absolute atomic E-state index is 0.110. The molecule has 0 heterocycles. The van der Waals surface area contributed by atoms with E-state index in [0.717, 1.165) is 6.42 Å². The second-order valence-electron chi connectivity index (χ2n) is 3.52. The molecule has 0 bridgehead atoms. The van der Waals surface area contributed by atoms with Crippen LogP contribution in [0.25, 0.3) is 0 Å². The minimum Gasteiger partial charge on any atom is -0.495 e. The predicted molar refractivity (Wildman–Crippen MR) is 67.0 cm³/mol. The number of carbonyl (C=O) groups excluding carboxylic acids is 1. The molecule has 0 radical (unpaired) electrons. The number of nitrogens with one attached hydrogen (secondary N) is 2. The second kappa shape index (κ2) is 6.43. The largest absolute Gasteiger partial charge is 0.495 e. The van der Waals surface area contributed by atoms with Crippen LogP contribution in [0.2, 0.25) is 0 Å². The number of carbonyl (C=O) groups is 1. The van der Waals surface area contributed by atoms with Crippen LogP contribution in [0, 0.1) is 10.1 Å². The third-order valence-corrected chi connectivity index (χ3v) is 2.18. The highest BCUT2D eigenvalue weighted by molar-refractivity contribution is 5.91. The number of amides is 2. The first-order valence-corrected chi connectivity index (χ1v) is 5.45. The smallest absolute Gasteiger partial charge is 0.319 e. The number of benzene rings is 1. The van der Waals surface area contributed by atoms with Crippen molar-refractivity contribution >= 4 is 17.4 Å². The van der Waals surface area contributed by atoms with Crippen LogP contribution in [0.1, 0.15) is 13.3 Å². The molecule has 1 aromatic carbocycles. The molecule has 0 saturated carbocycles. The number of hydrogen-bond acceptors (Lipinski definition) is 4. The molecule has 0 saturated heterocycles. The Kier molecular flexibility index (Phi) is 4.91. The summed E-state index contributed by atoms with van der Waals surface area (Å²) in [5.41, 5.74) is 0.155. The van der Waals surface area contributed by atoms with Crippen molar-refractivity contribution in [2.45, 2.75) is 13.3 Å². The zero-order chi connectivity index (χ0) is 13.5. The summed E-state index contributed by atoms with van der Waals surface area (Å²) >= 11 is 0. The van der Waals surface area contributed by atoms with Crippen LogP contribution in [0.4, 0.5) is 16.2 Å². The zero-order valence-corrected chi connectivity index (χ0v) is 10.2. The van der Waals surface area contributed by atoms with Crippen LogP contribution < -0.4 is 15.4 Å². The van der Waals surface area contributed by atoms with Crippen molar-refractivity contribution in [1.82, 2.24) is 5.32 Å². The Morgan fingerprint density at radius 2 is 2.22 bits per heavy atom. The van der Waals surface area contributed by atoms with Crippen LogP contribution >= 0.6 is 0 Å². The third-order valence-electron chi connectivity index (χ3n) is 2.18. The number of nitrogens with zero attached hydrogens (tertiary/aromatic N) is 1. The van der Waals surface area contributed by atoms with Gasteiger partial charge in [0, 0.05) is 18.7 Å². The summed E-state index contributed by atoms with van der Waals surface area (Å²) in [5, 5.41) is 15.8. The van der Waals surface area contributed by atoms with Gasteiger partial charge in [0.15, 0.2) is 0 Å². The maximum absolute atomic E-state index is 11.5. The van der Waals surface area contributed by atoms with E-state index in [1.807, 2.05) is 6.92 Å². The SMILES string of the molecule is CCCNC(=O)Nc1cc([N+](=O)[O-])ccc1OC. The number of hydrogen-bond donors (Lipinski definition) is 2. The van der Waals surface area contributed by atoms with E-state index in [0.29, 0.717) is 12.3 Å². The average molecular weight is 253 g/mol. The van der Waals surface area contributed by atoms with Crippen LogP contribution in [0.15, 0.2) is 18.2 Å². The summed E-state index contributed by atoms with van der Waals surface area (Å²) in [6.07, 6.45) is 0.805. The molecule has 2 N–H and O–H groups in total. The topological polar surface area (TPSA) is 93.5 Å². The Labute approximate surface area is 104 Å². The first-order valence-electron chi connectivity index (χ1n) is 5.45. The van der Waals surface area contributed by atoms with Crippen molar-refractivity contribution in [2.24, 2.45) is 0 Å². The fraction of sp³-hybridized carbons (Fsp3) is 0.364. The molecule has 0 unspecified atom stereocenters. The highest BCUT2D eigenvalue weighted by Crippen LogP contribution is 2.28. The maximum Gasteiger partial charge on any atom is 0.319 e. The van der Waals surface area contributed by atoms with Gasteiger partial charge < -0.3 is 15.4 Å². The molecule has 7 heteroatoms. The second-order valence-corrected chi connectivity index (χ2v) is 3.52. The fourth-order valence-corrected chi connectivity index (χ4v) is 1.31. The Hall–Kier alpha value is -2.31. The van der Waals surface area contributed by atoms with E-state index >= 15 is 0 Å². The van der Waals surface area contributed by atoms with Crippen molar-refractivity contribution in [1.29, 1.82) is 0 Å². The van der Waals surface area contributed by atoms with E-state index in [1.54, 1.807) is 0 Å². The van der Waals surface area contributed by atoms with Gasteiger partial charge in [-0.25, -0.2) is 4.79 Å². The summed E-state index contributed by atoms with van der Waals surface area (Å²) < 4.78 is 5.02. The number of urea groups is 1. The standard InChI is InChI=1S/C11H15N3O4/c1-3-6-12-11(15)13-9-7-8(14(16)17)4-5-10(9)18-2/h4-5,7H,3,6H2,1-2H3,(H2,12,13,15). The van der Waals surface area contributed by atoms with Crippen molar-refractivity contribution < 1.29 is 14.5 Å². The molecule has 0 atom stereocenters. The van der Waals surface area contributed by atoms with E-state index in [9.17, 15) is 14.9 Å². The van der Waals surface area contributed by atoms with Crippen LogP contribution in [0.3, 0.4) is 0 Å². The van der Waals surface area contributed by atoms with Gasteiger partial charge >= 0.3 is 6.03 Å². The lowest BCUT2D eigenvalue weighted by Gasteiger charge is -2.10. The molecule has 0 spiro atoms. The first kappa shape index (κ1) is 13.8. The lowest BCUT2D eigenvalue weighted by molar-refractivity contribution is -0.384. The average Bonchev–Trinajstić information content (AvgIpc) is 2.36. The van der Waals surface area contributed by atoms with Crippen LogP contribution in [-0.4, -0.2) is 24.6 Å². The number of rotatable bonds is 5. The molecular weight excluding hydrogens is 238 g/mol. The number of nitro benzene ring substituents is 1. The van der Waals surface area contributed by atoms with Crippen molar-refractivity contribution in [3.05, 3.63) is 28.3 Å². The fourth-order valence-electron chi connectivity index (χ4n) is 1.31. The quantitative estimate of drug-likeness (QED) is 0.621. The molecule has 7 nitrogen and oxygen atoms in total. The molecular formula is C11H15N3O4. The molecule has 1 aromatic rings. The highest BCUT2D eigenvalue weighted by atomic mass is 16.6. The van der Waals surface area contributed by atoms with E-state index in [1.165, 1.54) is 25.3 Å². The number of anilines is 1. The molecule has 0 fully saturated rings. The highest BCUT2D eigenvalue weighted by Gasteiger charge is 2.13. The maximum atomic E-state index is 11.5. The molecule has 2 amide bonds. The summed E-state index contributed by atoms with van der Waals surface area (Å²) in [5.74, 6) is 0.368. The van der Waals surface area contributed by atoms with Gasteiger partial charge in [0.1, 0.15) is 5.75 Å². The van der Waals surface area contributed by atoms with Crippen LogP contribution in [0.5, 0.6) is 5.75 Å². The van der Waals surface area contributed by atoms with E-state index in [-0.39, 0.29) is 11.4 Å². The summed E-state index contributed by atoms with van der Waals surface area (Å²) in [6.45, 7) is 2.46. The molecule has 98 valence electrons. The van der Waals surface area contributed by atoms with Gasteiger partial charge in [-0.2, -0.15) is 0 Å². The Morgan fingerprint density at radius 1 is 1.50 bits per heavy atom. The normalized spacial score (nSPS) is 9.67. The summed E-state index contributed by atoms with van der Waals surface area (Å²) in [6, 6.07) is 3.59. The Balaban J connectivity index is 2.87. The van der Waals surface area contributed by atoms with Gasteiger partial charge in [0.25, 0.3) is 5.69 Å². The van der Waals surface area contributed by atoms with Crippen molar-refractivity contribution in [3.8, 4) is 5.75 Å². The lowest BCUT2D eigenvalue weighted by atomic mass is 10.2. The number of methoxy groups -OCH3 is 1. The van der Waals surface area contributed by atoms with Gasteiger partial charge in [-0.1, -0.05) is 6.92 Å². The van der Waals surface area contributed by atoms with Crippen LogP contribution in [-0.2, 0) is 0 Å². The summed E-state index contributed by atoms with van der Waals surface area (Å²) in [7, 11) is 1.43. The molecule has 18 heavy (non-hydrogen) atoms. The van der Waals surface area contributed by atoms with Crippen molar-refractivity contribution in [3.63, 3.8) is 0 Å². The van der Waals surface area contributed by atoms with E-state index < -0.39 is 11.0 Å². The minimum atomic E-state index is -0.533. The zero-order valence-electron chi connectivity index (χ0n) is 10.2. The van der Waals surface area contributed by atoms with E-state index in [2.05, 4.69) is 10.6 Å². The first-order chi connectivity index (χ1) is 8.58. The monoisotopic (exact) mass is 253 g/mol. The predicted octanol–water partition coefficient (Wildman–Crippen LogP) is 2.13. The number of nitro groups is 1. The Bertz CT molecular complexity index is 448. The van der Waals surface area contributed by atoms with Gasteiger partial charge in [-0.3, -0.25) is 10.1 Å². The molecule has 0 aliphatic heterocycles.